The summed E-state index contributed by atoms with van der Waals surface area (Å²) < 4.78 is 0. The molecule has 0 unspecified atom stereocenters. The molecule has 0 aromatic rings. The molecule has 1 aliphatic rings. The second kappa shape index (κ2) is 2.85. The number of carbonyl (C=O) groups excluding carboxylic acids is 1. The van der Waals surface area contributed by atoms with Gasteiger partial charge in [-0.2, -0.15) is 0 Å². The van der Waals surface area contributed by atoms with Gasteiger partial charge < -0.3 is 5.32 Å². The highest BCUT2D eigenvalue weighted by atomic mass is 16.1. The molecule has 0 spiro atoms. The van der Waals surface area contributed by atoms with Crippen LogP contribution in [0.5, 0.6) is 0 Å². The van der Waals surface area contributed by atoms with Crippen LogP contribution in [0.15, 0.2) is 0 Å². The van der Waals surface area contributed by atoms with Crippen LogP contribution in [0.25, 0.3) is 0 Å². The Bertz CT molecular complexity index is 111. The fourth-order valence-corrected chi connectivity index (χ4v) is 1.07. The first-order valence-corrected chi connectivity index (χ1v) is 3.56. The van der Waals surface area contributed by atoms with Crippen LogP contribution in [0.4, 0.5) is 0 Å². The van der Waals surface area contributed by atoms with Gasteiger partial charge in [0.05, 0.1) is 0 Å². The lowest BCUT2D eigenvalue weighted by atomic mass is 10.0. The van der Waals surface area contributed by atoms with Gasteiger partial charge in [0.2, 0.25) is 5.91 Å². The fourth-order valence-electron chi connectivity index (χ4n) is 1.07. The summed E-state index contributed by atoms with van der Waals surface area (Å²) in [5.74, 6) is 0.948. The molecule has 0 bridgehead atoms. The van der Waals surface area contributed by atoms with E-state index in [4.69, 9.17) is 0 Å². The summed E-state index contributed by atoms with van der Waals surface area (Å²) in [6.07, 6.45) is 2.93. The molecule has 2 heteroatoms. The van der Waals surface area contributed by atoms with Crippen LogP contribution in [-0.2, 0) is 4.79 Å². The minimum Gasteiger partial charge on any atom is -0.356 e. The molecule has 1 atom stereocenters. The van der Waals surface area contributed by atoms with Crippen molar-refractivity contribution in [1.29, 1.82) is 0 Å². The first-order chi connectivity index (χ1) is 4.29. The Morgan fingerprint density at radius 2 is 2.33 bits per heavy atom. The van der Waals surface area contributed by atoms with Crippen LogP contribution in [0.1, 0.15) is 26.2 Å². The van der Waals surface area contributed by atoms with Crippen molar-refractivity contribution < 1.29 is 4.79 Å². The monoisotopic (exact) mass is 127 g/mol. The van der Waals surface area contributed by atoms with E-state index >= 15 is 0 Å². The lowest BCUT2D eigenvalue weighted by molar-refractivity contribution is -0.120. The third kappa shape index (κ3) is 2.04. The standard InChI is InChI=1S/C7H13NO/c1-6-2-3-7(9)8-5-4-6/h6H,2-5H2,1H3,(H,8,9)/t6-/m0/s1. The second-order valence-corrected chi connectivity index (χ2v) is 2.78. The topological polar surface area (TPSA) is 29.1 Å². The number of rotatable bonds is 0. The van der Waals surface area contributed by atoms with Gasteiger partial charge in [-0.3, -0.25) is 4.79 Å². The summed E-state index contributed by atoms with van der Waals surface area (Å²) >= 11 is 0. The third-order valence-corrected chi connectivity index (χ3v) is 1.82. The highest BCUT2D eigenvalue weighted by Crippen LogP contribution is 2.11. The van der Waals surface area contributed by atoms with Gasteiger partial charge in [0, 0.05) is 13.0 Å². The van der Waals surface area contributed by atoms with Gasteiger partial charge in [-0.05, 0) is 18.8 Å². The SMILES string of the molecule is C[C@@H]1CCNC(=O)CC1. The van der Waals surface area contributed by atoms with Gasteiger partial charge in [0.15, 0.2) is 0 Å². The van der Waals surface area contributed by atoms with Crippen molar-refractivity contribution >= 4 is 5.91 Å². The molecule has 9 heavy (non-hydrogen) atoms. The molecule has 1 heterocycles. The third-order valence-electron chi connectivity index (χ3n) is 1.82. The average molecular weight is 127 g/mol. The van der Waals surface area contributed by atoms with Gasteiger partial charge in [0.25, 0.3) is 0 Å². The van der Waals surface area contributed by atoms with Crippen molar-refractivity contribution in [2.75, 3.05) is 6.54 Å². The largest absolute Gasteiger partial charge is 0.356 e. The Morgan fingerprint density at radius 1 is 1.56 bits per heavy atom. The van der Waals surface area contributed by atoms with Gasteiger partial charge >= 0.3 is 0 Å². The molecule has 52 valence electrons. The van der Waals surface area contributed by atoms with Crippen LogP contribution in [0.2, 0.25) is 0 Å². The first-order valence-electron chi connectivity index (χ1n) is 3.56. The number of hydrogen-bond acceptors (Lipinski definition) is 1. The Kier molecular flexibility index (Phi) is 2.09. The molecular formula is C7H13NO. The Morgan fingerprint density at radius 3 is 3.11 bits per heavy atom. The van der Waals surface area contributed by atoms with E-state index in [2.05, 4.69) is 12.2 Å². The summed E-state index contributed by atoms with van der Waals surface area (Å²) in [6, 6.07) is 0. The van der Waals surface area contributed by atoms with Gasteiger partial charge in [0.1, 0.15) is 0 Å². The summed E-state index contributed by atoms with van der Waals surface area (Å²) in [6.45, 7) is 3.07. The molecule has 0 aromatic heterocycles. The van der Waals surface area contributed by atoms with E-state index in [0.717, 1.165) is 31.7 Å². The predicted molar refractivity (Wildman–Crippen MR) is 36.0 cm³/mol. The molecule has 1 amide bonds. The number of hydrogen-bond donors (Lipinski definition) is 1. The van der Waals surface area contributed by atoms with E-state index in [1.807, 2.05) is 0 Å². The van der Waals surface area contributed by atoms with E-state index in [1.54, 1.807) is 0 Å². The highest BCUT2D eigenvalue weighted by molar-refractivity contribution is 5.76. The maximum absolute atomic E-state index is 10.7. The number of amides is 1. The maximum Gasteiger partial charge on any atom is 0.220 e. The lowest BCUT2D eigenvalue weighted by Gasteiger charge is -2.01. The normalized spacial score (nSPS) is 29.0. The minimum atomic E-state index is 0.222. The van der Waals surface area contributed by atoms with E-state index < -0.39 is 0 Å². The minimum absolute atomic E-state index is 0.222. The summed E-state index contributed by atoms with van der Waals surface area (Å²) in [4.78, 5) is 10.7. The Hall–Kier alpha value is -0.530. The zero-order valence-electron chi connectivity index (χ0n) is 5.81. The van der Waals surface area contributed by atoms with Crippen molar-refractivity contribution in [3.63, 3.8) is 0 Å². The van der Waals surface area contributed by atoms with Gasteiger partial charge in [-0.1, -0.05) is 6.92 Å². The molecular weight excluding hydrogens is 114 g/mol. The van der Waals surface area contributed by atoms with Crippen LogP contribution in [0, 0.1) is 5.92 Å². The van der Waals surface area contributed by atoms with E-state index in [-0.39, 0.29) is 5.91 Å². The first kappa shape index (κ1) is 6.59. The fraction of sp³-hybridized carbons (Fsp3) is 0.857. The van der Waals surface area contributed by atoms with Crippen molar-refractivity contribution in [2.24, 2.45) is 5.92 Å². The zero-order valence-corrected chi connectivity index (χ0v) is 5.81. The molecule has 1 saturated heterocycles. The van der Waals surface area contributed by atoms with E-state index in [0.29, 0.717) is 0 Å². The number of nitrogens with one attached hydrogen (secondary N) is 1. The van der Waals surface area contributed by atoms with Crippen molar-refractivity contribution in [2.45, 2.75) is 26.2 Å². The summed E-state index contributed by atoms with van der Waals surface area (Å²) in [5.41, 5.74) is 0. The van der Waals surface area contributed by atoms with Crippen LogP contribution in [0.3, 0.4) is 0 Å². The Balaban J connectivity index is 2.34. The molecule has 1 N–H and O–H groups in total. The van der Waals surface area contributed by atoms with Gasteiger partial charge in [-0.25, -0.2) is 0 Å². The molecule has 0 aromatic carbocycles. The summed E-state index contributed by atoms with van der Waals surface area (Å²) in [7, 11) is 0. The van der Waals surface area contributed by atoms with Crippen molar-refractivity contribution in [3.8, 4) is 0 Å². The smallest absolute Gasteiger partial charge is 0.220 e. The zero-order chi connectivity index (χ0) is 6.69. The second-order valence-electron chi connectivity index (χ2n) is 2.78. The average Bonchev–Trinajstić information content (AvgIpc) is 1.97. The maximum atomic E-state index is 10.7. The lowest BCUT2D eigenvalue weighted by Crippen LogP contribution is -2.21. The van der Waals surface area contributed by atoms with E-state index in [1.165, 1.54) is 0 Å². The van der Waals surface area contributed by atoms with Gasteiger partial charge in [-0.15, -0.1) is 0 Å². The predicted octanol–water partition coefficient (Wildman–Crippen LogP) is 0.923. The van der Waals surface area contributed by atoms with Crippen LogP contribution in [-0.4, -0.2) is 12.5 Å². The van der Waals surface area contributed by atoms with Crippen molar-refractivity contribution in [3.05, 3.63) is 0 Å². The molecule has 0 saturated carbocycles. The van der Waals surface area contributed by atoms with Crippen LogP contribution < -0.4 is 5.32 Å². The van der Waals surface area contributed by atoms with E-state index in [9.17, 15) is 4.79 Å². The number of carbonyl (C=O) groups is 1. The Labute approximate surface area is 55.6 Å². The van der Waals surface area contributed by atoms with Crippen LogP contribution >= 0.6 is 0 Å². The molecule has 1 rings (SSSR count). The molecule has 1 aliphatic heterocycles. The molecule has 0 radical (unpaired) electrons. The molecule has 2 nitrogen and oxygen atoms in total. The quantitative estimate of drug-likeness (QED) is 0.515. The van der Waals surface area contributed by atoms with Crippen molar-refractivity contribution in [1.82, 2.24) is 5.32 Å². The molecule has 1 fully saturated rings. The highest BCUT2D eigenvalue weighted by Gasteiger charge is 2.10. The summed E-state index contributed by atoms with van der Waals surface area (Å²) in [5, 5.41) is 2.84. The molecule has 0 aliphatic carbocycles.